The molecule has 152 valence electrons. The molecule has 4 fully saturated rings. The van der Waals surface area contributed by atoms with Gasteiger partial charge in [-0.05, 0) is 25.7 Å². The summed E-state index contributed by atoms with van der Waals surface area (Å²) in [6, 6.07) is 0. The number of hydrogen-bond acceptors (Lipinski definition) is 4. The molecule has 27 heavy (non-hydrogen) atoms. The van der Waals surface area contributed by atoms with E-state index in [1.54, 1.807) is 0 Å². The van der Waals surface area contributed by atoms with E-state index >= 15 is 0 Å². The molecule has 5 heteroatoms. The Morgan fingerprint density at radius 2 is 2.07 bits per heavy atom. The van der Waals surface area contributed by atoms with E-state index in [4.69, 9.17) is 14.6 Å². The molecule has 5 nitrogen and oxygen atoms in total. The first-order valence-electron chi connectivity index (χ1n) is 10.6. The SMILES string of the molecule is CCCCCC(O)C=C[C@@]12CC3O[C@@H](CC3O1)[C@@H]2CC=CCCCC(=O)O. The number of carbonyl (C=O) groups is 1. The molecule has 4 aliphatic rings. The van der Waals surface area contributed by atoms with Gasteiger partial charge in [0.2, 0.25) is 0 Å². The third-order valence-corrected chi connectivity index (χ3v) is 6.22. The van der Waals surface area contributed by atoms with Crippen molar-refractivity contribution in [2.75, 3.05) is 0 Å². The molecular weight excluding hydrogens is 344 g/mol. The van der Waals surface area contributed by atoms with Gasteiger partial charge in [-0.1, -0.05) is 50.5 Å². The van der Waals surface area contributed by atoms with Crippen LogP contribution in [0.25, 0.3) is 0 Å². The van der Waals surface area contributed by atoms with Gasteiger partial charge in [-0.25, -0.2) is 0 Å². The first-order valence-corrected chi connectivity index (χ1v) is 10.6. The van der Waals surface area contributed by atoms with E-state index in [1.807, 2.05) is 6.08 Å². The number of rotatable bonds is 12. The van der Waals surface area contributed by atoms with Gasteiger partial charge in [0.25, 0.3) is 0 Å². The molecule has 4 bridgehead atoms. The summed E-state index contributed by atoms with van der Waals surface area (Å²) in [6.07, 6.45) is 17.1. The normalized spacial score (nSPS) is 35.6. The molecular formula is C22H34O5. The van der Waals surface area contributed by atoms with Gasteiger partial charge in [-0.2, -0.15) is 0 Å². The van der Waals surface area contributed by atoms with Crippen LogP contribution in [0.4, 0.5) is 0 Å². The van der Waals surface area contributed by atoms with Crippen LogP contribution in [0, 0.1) is 5.92 Å². The highest BCUT2D eigenvalue weighted by Crippen LogP contribution is 2.55. The molecule has 4 rings (SSSR count). The van der Waals surface area contributed by atoms with Crippen LogP contribution in [0.1, 0.15) is 71.1 Å². The Morgan fingerprint density at radius 1 is 1.22 bits per heavy atom. The molecule has 4 aliphatic heterocycles. The molecule has 0 aromatic carbocycles. The quantitative estimate of drug-likeness (QED) is 0.396. The molecule has 0 aromatic heterocycles. The number of carboxylic acid groups (broad SMARTS) is 1. The van der Waals surface area contributed by atoms with Crippen LogP contribution >= 0.6 is 0 Å². The molecule has 0 spiro atoms. The number of carboxylic acids is 1. The van der Waals surface area contributed by atoms with Crippen LogP contribution in [0.5, 0.6) is 0 Å². The van der Waals surface area contributed by atoms with Crippen LogP contribution in [0.15, 0.2) is 24.3 Å². The van der Waals surface area contributed by atoms with E-state index in [2.05, 4.69) is 25.2 Å². The summed E-state index contributed by atoms with van der Waals surface area (Å²) in [5, 5.41) is 19.0. The first-order chi connectivity index (χ1) is 13.0. The number of aliphatic hydroxyl groups excluding tert-OH is 1. The van der Waals surface area contributed by atoms with Gasteiger partial charge >= 0.3 is 5.97 Å². The Labute approximate surface area is 162 Å². The fraction of sp³-hybridized carbons (Fsp3) is 0.773. The number of unbranched alkanes of at least 4 members (excludes halogenated alkanes) is 3. The fourth-order valence-corrected chi connectivity index (χ4v) is 4.80. The van der Waals surface area contributed by atoms with Gasteiger partial charge in [-0.15, -0.1) is 0 Å². The highest BCUT2D eigenvalue weighted by molar-refractivity contribution is 5.66. The average Bonchev–Trinajstić information content (AvgIpc) is 3.09. The van der Waals surface area contributed by atoms with Gasteiger partial charge in [0.1, 0.15) is 0 Å². The number of aliphatic hydroxyl groups is 1. The summed E-state index contributed by atoms with van der Waals surface area (Å²) in [5.74, 6) is -0.473. The van der Waals surface area contributed by atoms with Crippen molar-refractivity contribution in [3.05, 3.63) is 24.3 Å². The van der Waals surface area contributed by atoms with Crippen molar-refractivity contribution in [1.29, 1.82) is 0 Å². The van der Waals surface area contributed by atoms with Gasteiger partial charge < -0.3 is 19.7 Å². The highest BCUT2D eigenvalue weighted by Gasteiger charge is 2.62. The minimum atomic E-state index is -0.739. The maximum Gasteiger partial charge on any atom is 0.303 e. The van der Waals surface area contributed by atoms with E-state index in [1.165, 1.54) is 0 Å². The minimum Gasteiger partial charge on any atom is -0.481 e. The molecule has 3 unspecified atom stereocenters. The van der Waals surface area contributed by atoms with Crippen molar-refractivity contribution in [3.8, 4) is 0 Å². The molecule has 0 saturated carbocycles. The van der Waals surface area contributed by atoms with Crippen LogP contribution in [-0.2, 0) is 14.3 Å². The van der Waals surface area contributed by atoms with Crippen molar-refractivity contribution in [2.45, 2.75) is 101 Å². The zero-order valence-corrected chi connectivity index (χ0v) is 16.4. The van der Waals surface area contributed by atoms with Gasteiger partial charge in [0, 0.05) is 25.2 Å². The monoisotopic (exact) mass is 378 g/mol. The fourth-order valence-electron chi connectivity index (χ4n) is 4.80. The van der Waals surface area contributed by atoms with Gasteiger partial charge in [0.15, 0.2) is 0 Å². The molecule has 4 saturated heterocycles. The third kappa shape index (κ3) is 5.01. The lowest BCUT2D eigenvalue weighted by Gasteiger charge is -2.43. The van der Waals surface area contributed by atoms with E-state index in [0.717, 1.165) is 51.4 Å². The average molecular weight is 379 g/mol. The van der Waals surface area contributed by atoms with Crippen molar-refractivity contribution in [1.82, 2.24) is 0 Å². The van der Waals surface area contributed by atoms with E-state index in [-0.39, 0.29) is 36.3 Å². The van der Waals surface area contributed by atoms with Crippen LogP contribution in [-0.4, -0.2) is 46.2 Å². The van der Waals surface area contributed by atoms with E-state index in [9.17, 15) is 9.90 Å². The number of ether oxygens (including phenoxy) is 2. The minimum absolute atomic E-state index is 0.202. The summed E-state index contributed by atoms with van der Waals surface area (Å²) in [7, 11) is 0. The number of aliphatic carboxylic acids is 1. The topological polar surface area (TPSA) is 76.0 Å². The summed E-state index contributed by atoms with van der Waals surface area (Å²) in [5.41, 5.74) is -0.312. The maximum atomic E-state index is 10.6. The molecule has 2 N–H and O–H groups in total. The Morgan fingerprint density at radius 3 is 2.81 bits per heavy atom. The Hall–Kier alpha value is -1.17. The lowest BCUT2D eigenvalue weighted by atomic mass is 9.76. The lowest BCUT2D eigenvalue weighted by Crippen LogP contribution is -2.48. The molecule has 0 amide bonds. The number of hydrogen-bond donors (Lipinski definition) is 2. The molecule has 6 atom stereocenters. The second kappa shape index (κ2) is 9.35. The Balaban J connectivity index is 1.56. The molecule has 0 aliphatic carbocycles. The van der Waals surface area contributed by atoms with E-state index < -0.39 is 12.1 Å². The summed E-state index contributed by atoms with van der Waals surface area (Å²) in [4.78, 5) is 10.6. The van der Waals surface area contributed by atoms with Crippen molar-refractivity contribution in [2.24, 2.45) is 5.92 Å². The predicted octanol–water partition coefficient (Wildman–Crippen LogP) is 4.00. The predicted molar refractivity (Wildman–Crippen MR) is 104 cm³/mol. The second-order valence-electron chi connectivity index (χ2n) is 8.29. The Kier molecular flexibility index (Phi) is 7.12. The van der Waals surface area contributed by atoms with Gasteiger partial charge in [0.05, 0.1) is 30.0 Å². The molecule has 4 heterocycles. The summed E-state index contributed by atoms with van der Waals surface area (Å²) < 4.78 is 12.6. The highest BCUT2D eigenvalue weighted by atomic mass is 16.6. The van der Waals surface area contributed by atoms with E-state index in [0.29, 0.717) is 6.42 Å². The van der Waals surface area contributed by atoms with Crippen molar-refractivity contribution >= 4 is 5.97 Å². The maximum absolute atomic E-state index is 10.6. The smallest absolute Gasteiger partial charge is 0.303 e. The van der Waals surface area contributed by atoms with Crippen LogP contribution < -0.4 is 0 Å². The summed E-state index contributed by atoms with van der Waals surface area (Å²) in [6.45, 7) is 2.17. The standard InChI is InChI=1S/C22H34O5/c1-2-3-6-9-16(23)12-13-22-15-20-19(27-22)14-18(26-20)17(22)10-7-4-5-8-11-21(24)25/h4,7,12-13,16-20,23H,2-3,5-6,8-11,14-15H2,1H3,(H,24,25)/t16?,17-,18-,19?,20?,22-/m0/s1. The second-order valence-corrected chi connectivity index (χ2v) is 8.29. The Bertz CT molecular complexity index is 541. The molecule has 0 radical (unpaired) electrons. The van der Waals surface area contributed by atoms with Crippen LogP contribution in [0.3, 0.4) is 0 Å². The largest absolute Gasteiger partial charge is 0.481 e. The zero-order chi connectivity index (χ0) is 19.3. The first kappa shape index (κ1) is 20.6. The molecule has 0 aromatic rings. The lowest BCUT2D eigenvalue weighted by molar-refractivity contribution is -0.137. The van der Waals surface area contributed by atoms with Gasteiger partial charge in [-0.3, -0.25) is 4.79 Å². The zero-order valence-electron chi connectivity index (χ0n) is 16.4. The van der Waals surface area contributed by atoms with Crippen molar-refractivity contribution in [3.63, 3.8) is 0 Å². The van der Waals surface area contributed by atoms with Crippen molar-refractivity contribution < 1.29 is 24.5 Å². The van der Waals surface area contributed by atoms with Crippen LogP contribution in [0.2, 0.25) is 0 Å². The third-order valence-electron chi connectivity index (χ3n) is 6.22. The summed E-state index contributed by atoms with van der Waals surface area (Å²) >= 11 is 0. The number of allylic oxidation sites excluding steroid dienone is 2.